The van der Waals surface area contributed by atoms with Crippen molar-refractivity contribution in [2.75, 3.05) is 26.8 Å². The number of methoxy groups -OCH3 is 1. The monoisotopic (exact) mass is 368 g/mol. The number of aromatic amines is 1. The summed E-state index contributed by atoms with van der Waals surface area (Å²) < 4.78 is 18.5. The number of H-pyrrole nitrogens is 1. The minimum atomic E-state index is -1.13. The Hall–Kier alpha value is -2.12. The number of nitrogens with zero attached hydrogens (tertiary/aromatic N) is 1. The van der Waals surface area contributed by atoms with Gasteiger partial charge in [0.15, 0.2) is 0 Å². The van der Waals surface area contributed by atoms with Crippen molar-refractivity contribution in [3.05, 3.63) is 34.7 Å². The Balaban J connectivity index is 1.92. The molecule has 8 heteroatoms. The quantitative estimate of drug-likeness (QED) is 0.869. The van der Waals surface area contributed by atoms with Crippen molar-refractivity contribution in [3.8, 4) is 0 Å². The maximum Gasteiger partial charge on any atom is 0.313 e. The summed E-state index contributed by atoms with van der Waals surface area (Å²) >= 11 is 6.25. The zero-order valence-electron chi connectivity index (χ0n) is 13.6. The molecule has 25 heavy (non-hydrogen) atoms. The largest absolute Gasteiger partial charge is 0.481 e. The van der Waals surface area contributed by atoms with Crippen LogP contribution in [0.5, 0.6) is 0 Å². The lowest BCUT2D eigenvalue weighted by Gasteiger charge is -2.39. The number of rotatable bonds is 4. The van der Waals surface area contributed by atoms with Crippen LogP contribution in [0.1, 0.15) is 23.3 Å². The van der Waals surface area contributed by atoms with Gasteiger partial charge in [0, 0.05) is 31.1 Å². The highest BCUT2D eigenvalue weighted by Crippen LogP contribution is 2.34. The summed E-state index contributed by atoms with van der Waals surface area (Å²) in [4.78, 5) is 29.0. The van der Waals surface area contributed by atoms with Crippen LogP contribution >= 0.6 is 11.6 Å². The van der Waals surface area contributed by atoms with Gasteiger partial charge in [-0.15, -0.1) is 0 Å². The van der Waals surface area contributed by atoms with Crippen LogP contribution in [-0.2, 0) is 9.53 Å². The van der Waals surface area contributed by atoms with Crippen LogP contribution < -0.4 is 0 Å². The highest BCUT2D eigenvalue weighted by Gasteiger charge is 2.44. The second kappa shape index (κ2) is 6.65. The fourth-order valence-corrected chi connectivity index (χ4v) is 3.66. The van der Waals surface area contributed by atoms with E-state index in [1.54, 1.807) is 0 Å². The number of aliphatic carboxylic acids is 1. The number of hydrogen-bond acceptors (Lipinski definition) is 3. The highest BCUT2D eigenvalue weighted by atomic mass is 35.5. The van der Waals surface area contributed by atoms with Gasteiger partial charge in [0.05, 0.1) is 11.6 Å². The lowest BCUT2D eigenvalue weighted by molar-refractivity contribution is -0.155. The second-order valence-electron chi connectivity index (χ2n) is 6.35. The lowest BCUT2D eigenvalue weighted by atomic mass is 9.80. The molecule has 1 aliphatic heterocycles. The predicted octanol–water partition coefficient (Wildman–Crippen LogP) is 2.91. The molecule has 0 spiro atoms. The number of piperidine rings is 1. The van der Waals surface area contributed by atoms with Crippen molar-refractivity contribution in [2.24, 2.45) is 5.41 Å². The molecule has 3 rings (SSSR count). The van der Waals surface area contributed by atoms with Crippen LogP contribution in [0.2, 0.25) is 5.02 Å². The zero-order chi connectivity index (χ0) is 18.2. The van der Waals surface area contributed by atoms with E-state index >= 15 is 0 Å². The van der Waals surface area contributed by atoms with Gasteiger partial charge in [-0.2, -0.15) is 0 Å². The molecule has 1 atom stereocenters. The normalized spacial score (nSPS) is 20.8. The number of nitrogens with one attached hydrogen (secondary N) is 1. The molecule has 0 radical (unpaired) electrons. The molecule has 6 nitrogen and oxygen atoms in total. The molecule has 2 heterocycles. The molecule has 0 saturated carbocycles. The van der Waals surface area contributed by atoms with E-state index < -0.39 is 23.1 Å². The summed E-state index contributed by atoms with van der Waals surface area (Å²) in [5.41, 5.74) is -0.443. The minimum Gasteiger partial charge on any atom is -0.481 e. The SMILES string of the molecule is COCC1(C(=O)O)CCCN(C(=O)c2[nH]c3ccc(F)cc3c2Cl)C1. The average molecular weight is 369 g/mol. The fraction of sp³-hybridized carbons (Fsp3) is 0.412. The molecule has 1 aliphatic rings. The van der Waals surface area contributed by atoms with E-state index in [0.717, 1.165) is 0 Å². The van der Waals surface area contributed by atoms with Crippen molar-refractivity contribution in [2.45, 2.75) is 12.8 Å². The number of amides is 1. The summed E-state index contributed by atoms with van der Waals surface area (Å²) in [5, 5.41) is 10.2. The second-order valence-corrected chi connectivity index (χ2v) is 6.73. The maximum absolute atomic E-state index is 13.4. The van der Waals surface area contributed by atoms with Crippen LogP contribution in [0.4, 0.5) is 4.39 Å². The first-order valence-corrected chi connectivity index (χ1v) is 8.24. The van der Waals surface area contributed by atoms with Gasteiger partial charge in [-0.25, -0.2) is 4.39 Å². The van der Waals surface area contributed by atoms with Crippen LogP contribution in [0, 0.1) is 11.2 Å². The number of halogens is 2. The number of likely N-dealkylation sites (tertiary alicyclic amines) is 1. The highest BCUT2D eigenvalue weighted by molar-refractivity contribution is 6.38. The first-order valence-electron chi connectivity index (χ1n) is 7.86. The van der Waals surface area contributed by atoms with Crippen molar-refractivity contribution < 1.29 is 23.8 Å². The maximum atomic E-state index is 13.4. The first-order chi connectivity index (χ1) is 11.9. The van der Waals surface area contributed by atoms with Crippen molar-refractivity contribution in [3.63, 3.8) is 0 Å². The summed E-state index contributed by atoms with van der Waals surface area (Å²) in [6, 6.07) is 4.04. The molecular weight excluding hydrogens is 351 g/mol. The molecule has 0 bridgehead atoms. The molecule has 1 aromatic heterocycles. The number of aromatic nitrogens is 1. The number of benzene rings is 1. The number of ether oxygens (including phenoxy) is 1. The number of carbonyl (C=O) groups is 2. The van der Waals surface area contributed by atoms with Crippen molar-refractivity contribution >= 4 is 34.4 Å². The van der Waals surface area contributed by atoms with Gasteiger partial charge >= 0.3 is 5.97 Å². The predicted molar refractivity (Wildman–Crippen MR) is 90.3 cm³/mol. The molecule has 1 unspecified atom stereocenters. The fourth-order valence-electron chi connectivity index (χ4n) is 3.37. The lowest BCUT2D eigenvalue weighted by Crippen LogP contribution is -2.52. The Kier molecular flexibility index (Phi) is 4.71. The molecule has 1 fully saturated rings. The van der Waals surface area contributed by atoms with Crippen LogP contribution in [0.25, 0.3) is 10.9 Å². The summed E-state index contributed by atoms with van der Waals surface area (Å²) in [7, 11) is 1.44. The van der Waals surface area contributed by atoms with E-state index in [9.17, 15) is 19.1 Å². The van der Waals surface area contributed by atoms with E-state index in [2.05, 4.69) is 4.98 Å². The molecule has 1 aromatic carbocycles. The molecule has 1 saturated heterocycles. The van der Waals surface area contributed by atoms with Crippen LogP contribution in [-0.4, -0.2) is 53.7 Å². The molecule has 134 valence electrons. The smallest absolute Gasteiger partial charge is 0.313 e. The molecule has 2 N–H and O–H groups in total. The Labute approximate surface area is 148 Å². The topological polar surface area (TPSA) is 82.6 Å². The van der Waals surface area contributed by atoms with Gasteiger partial charge in [0.25, 0.3) is 5.91 Å². The zero-order valence-corrected chi connectivity index (χ0v) is 14.4. The molecule has 2 aromatic rings. The van der Waals surface area contributed by atoms with Crippen LogP contribution in [0.15, 0.2) is 18.2 Å². The average Bonchev–Trinajstić information content (AvgIpc) is 2.91. The third-order valence-electron chi connectivity index (χ3n) is 4.65. The standard InChI is InChI=1S/C17H18ClFN2O4/c1-25-9-17(16(23)24)5-2-6-21(8-17)15(22)14-13(18)11-7-10(19)3-4-12(11)20-14/h3-4,7,20H,2,5-6,8-9H2,1H3,(H,23,24). The molecular formula is C17H18ClFN2O4. The third-order valence-corrected chi connectivity index (χ3v) is 5.04. The Morgan fingerprint density at radius 2 is 2.24 bits per heavy atom. The van der Waals surface area contributed by atoms with Gasteiger partial charge in [0.1, 0.15) is 16.9 Å². The Morgan fingerprint density at radius 1 is 1.48 bits per heavy atom. The Morgan fingerprint density at radius 3 is 2.92 bits per heavy atom. The third kappa shape index (κ3) is 3.09. The Bertz CT molecular complexity index is 833. The van der Waals surface area contributed by atoms with Gasteiger partial charge in [0.2, 0.25) is 0 Å². The number of carboxylic acids is 1. The van der Waals surface area contributed by atoms with Crippen molar-refractivity contribution in [1.29, 1.82) is 0 Å². The van der Waals surface area contributed by atoms with Gasteiger partial charge < -0.3 is 19.7 Å². The van der Waals surface area contributed by atoms with Gasteiger partial charge in [-0.05, 0) is 31.0 Å². The summed E-state index contributed by atoms with van der Waals surface area (Å²) in [6.45, 7) is 0.491. The summed E-state index contributed by atoms with van der Waals surface area (Å²) in [6.07, 6.45) is 0.986. The number of carbonyl (C=O) groups excluding carboxylic acids is 1. The minimum absolute atomic E-state index is 0.0256. The number of hydrogen-bond donors (Lipinski definition) is 2. The summed E-state index contributed by atoms with van der Waals surface area (Å²) in [5.74, 6) is -1.84. The van der Waals surface area contributed by atoms with E-state index in [-0.39, 0.29) is 23.9 Å². The number of fused-ring (bicyclic) bond motifs is 1. The van der Waals surface area contributed by atoms with E-state index in [4.69, 9.17) is 16.3 Å². The van der Waals surface area contributed by atoms with Crippen LogP contribution in [0.3, 0.4) is 0 Å². The van der Waals surface area contributed by atoms with Gasteiger partial charge in [-0.3, -0.25) is 9.59 Å². The van der Waals surface area contributed by atoms with E-state index in [0.29, 0.717) is 30.3 Å². The van der Waals surface area contributed by atoms with Crippen molar-refractivity contribution in [1.82, 2.24) is 9.88 Å². The number of carboxylic acid groups (broad SMARTS) is 1. The van der Waals surface area contributed by atoms with Gasteiger partial charge in [-0.1, -0.05) is 11.6 Å². The van der Waals surface area contributed by atoms with E-state index in [1.807, 2.05) is 0 Å². The van der Waals surface area contributed by atoms with E-state index in [1.165, 1.54) is 30.2 Å². The molecule has 0 aliphatic carbocycles. The molecule has 1 amide bonds. The first kappa shape index (κ1) is 17.7.